The first-order valence-electron chi connectivity index (χ1n) is 10.4. The molecule has 2 aromatic rings. The number of hydrogen-bond acceptors (Lipinski definition) is 3. The molecule has 0 spiro atoms. The highest BCUT2D eigenvalue weighted by molar-refractivity contribution is 5.85. The highest BCUT2D eigenvalue weighted by atomic mass is 16.5. The molecule has 30 heavy (non-hydrogen) atoms. The number of amides is 2. The predicted octanol–water partition coefficient (Wildman–Crippen LogP) is 3.47. The lowest BCUT2D eigenvalue weighted by molar-refractivity contribution is -0.142. The third-order valence-corrected chi connectivity index (χ3v) is 4.90. The lowest BCUT2D eigenvalue weighted by Gasteiger charge is -2.29. The van der Waals surface area contributed by atoms with Crippen molar-refractivity contribution in [3.63, 3.8) is 0 Å². The molecular weight excluding hydrogens is 378 g/mol. The molecule has 0 fully saturated rings. The molecule has 1 aromatic carbocycles. The summed E-state index contributed by atoms with van der Waals surface area (Å²) in [4.78, 5) is 29.6. The van der Waals surface area contributed by atoms with E-state index in [0.717, 1.165) is 11.3 Å². The van der Waals surface area contributed by atoms with E-state index in [1.54, 1.807) is 12.0 Å². The van der Waals surface area contributed by atoms with Crippen molar-refractivity contribution in [3.8, 4) is 0 Å². The first-order chi connectivity index (χ1) is 14.2. The minimum Gasteiger partial charge on any atom is -0.383 e. The Kier molecular flexibility index (Phi) is 8.66. The maximum atomic E-state index is 13.3. The summed E-state index contributed by atoms with van der Waals surface area (Å²) in [5.74, 6) is -0.0927. The Morgan fingerprint density at radius 2 is 1.67 bits per heavy atom. The molecule has 0 aliphatic heterocycles. The SMILES string of the molecule is COCCN(CC(=O)N(Cc1ccccc1)Cc1cccn1C)C(=O)CC(C)(C)C. The molecule has 0 bridgehead atoms. The molecule has 1 heterocycles. The lowest BCUT2D eigenvalue weighted by atomic mass is 9.91. The molecule has 0 aliphatic rings. The summed E-state index contributed by atoms with van der Waals surface area (Å²) >= 11 is 0. The topological polar surface area (TPSA) is 54.8 Å². The quantitative estimate of drug-likeness (QED) is 0.599. The van der Waals surface area contributed by atoms with Gasteiger partial charge in [0.2, 0.25) is 11.8 Å². The number of aromatic nitrogens is 1. The van der Waals surface area contributed by atoms with Crippen molar-refractivity contribution < 1.29 is 14.3 Å². The third kappa shape index (κ3) is 7.67. The van der Waals surface area contributed by atoms with Crippen LogP contribution in [-0.4, -0.2) is 53.0 Å². The zero-order chi connectivity index (χ0) is 22.1. The van der Waals surface area contributed by atoms with E-state index < -0.39 is 0 Å². The van der Waals surface area contributed by atoms with E-state index in [2.05, 4.69) is 0 Å². The number of nitrogens with zero attached hydrogens (tertiary/aromatic N) is 3. The van der Waals surface area contributed by atoms with Gasteiger partial charge in [-0.25, -0.2) is 0 Å². The van der Waals surface area contributed by atoms with E-state index >= 15 is 0 Å². The number of aryl methyl sites for hydroxylation is 1. The second kappa shape index (κ2) is 11.0. The fourth-order valence-corrected chi connectivity index (χ4v) is 3.21. The number of ether oxygens (including phenoxy) is 1. The zero-order valence-corrected chi connectivity index (χ0v) is 18.9. The van der Waals surface area contributed by atoms with Gasteiger partial charge in [-0.2, -0.15) is 0 Å². The molecule has 6 nitrogen and oxygen atoms in total. The van der Waals surface area contributed by atoms with Gasteiger partial charge < -0.3 is 19.1 Å². The van der Waals surface area contributed by atoms with Gasteiger partial charge in [-0.15, -0.1) is 0 Å². The Bertz CT molecular complexity index is 809. The Morgan fingerprint density at radius 1 is 0.967 bits per heavy atom. The van der Waals surface area contributed by atoms with Crippen molar-refractivity contribution in [2.24, 2.45) is 12.5 Å². The number of carbonyl (C=O) groups excluding carboxylic acids is 2. The second-order valence-electron chi connectivity index (χ2n) is 8.89. The Balaban J connectivity index is 2.18. The van der Waals surface area contributed by atoms with Gasteiger partial charge in [-0.1, -0.05) is 51.1 Å². The lowest BCUT2D eigenvalue weighted by Crippen LogP contribution is -2.44. The minimum absolute atomic E-state index is 0.0218. The van der Waals surface area contributed by atoms with E-state index in [0.29, 0.717) is 32.7 Å². The molecular formula is C24H35N3O3. The first-order valence-corrected chi connectivity index (χ1v) is 10.4. The number of rotatable bonds is 10. The molecule has 0 unspecified atom stereocenters. The summed E-state index contributed by atoms with van der Waals surface area (Å²) in [6, 6.07) is 13.9. The summed E-state index contributed by atoms with van der Waals surface area (Å²) < 4.78 is 7.18. The molecule has 164 valence electrons. The molecule has 2 rings (SSSR count). The van der Waals surface area contributed by atoms with E-state index in [9.17, 15) is 9.59 Å². The smallest absolute Gasteiger partial charge is 0.242 e. The van der Waals surface area contributed by atoms with Crippen LogP contribution in [0.5, 0.6) is 0 Å². The van der Waals surface area contributed by atoms with Crippen LogP contribution in [0.2, 0.25) is 0 Å². The maximum absolute atomic E-state index is 13.3. The van der Waals surface area contributed by atoms with Gasteiger partial charge in [0.05, 0.1) is 19.7 Å². The van der Waals surface area contributed by atoms with E-state index in [4.69, 9.17) is 4.74 Å². The first kappa shape index (κ1) is 23.7. The molecule has 1 aromatic heterocycles. The highest BCUT2D eigenvalue weighted by Crippen LogP contribution is 2.20. The van der Waals surface area contributed by atoms with Gasteiger partial charge in [0.25, 0.3) is 0 Å². The monoisotopic (exact) mass is 413 g/mol. The molecule has 0 aliphatic carbocycles. The van der Waals surface area contributed by atoms with Crippen LogP contribution in [-0.2, 0) is 34.5 Å². The maximum Gasteiger partial charge on any atom is 0.242 e. The van der Waals surface area contributed by atoms with Gasteiger partial charge in [0.1, 0.15) is 0 Å². The average Bonchev–Trinajstić information content (AvgIpc) is 3.08. The summed E-state index contributed by atoms with van der Waals surface area (Å²) in [6.07, 6.45) is 2.36. The Morgan fingerprint density at radius 3 is 2.23 bits per heavy atom. The van der Waals surface area contributed by atoms with Gasteiger partial charge in [-0.05, 0) is 23.1 Å². The van der Waals surface area contributed by atoms with Crippen LogP contribution in [0.1, 0.15) is 38.4 Å². The average molecular weight is 414 g/mol. The Labute approximate surface area is 180 Å². The molecule has 0 saturated heterocycles. The number of carbonyl (C=O) groups is 2. The van der Waals surface area contributed by atoms with Crippen molar-refractivity contribution in [2.75, 3.05) is 26.8 Å². The van der Waals surface area contributed by atoms with E-state index in [1.807, 2.05) is 85.9 Å². The summed E-state index contributed by atoms with van der Waals surface area (Å²) in [6.45, 7) is 7.92. The standard InChI is InChI=1S/C24H35N3O3/c1-24(2,3)16-22(28)26(14-15-30-5)19-23(29)27(17-20-10-7-6-8-11-20)18-21-12-9-13-25(21)4/h6-13H,14-19H2,1-5H3. The van der Waals surface area contributed by atoms with E-state index in [-0.39, 0.29) is 23.8 Å². The number of benzene rings is 1. The predicted molar refractivity (Wildman–Crippen MR) is 119 cm³/mol. The van der Waals surface area contributed by atoms with Crippen molar-refractivity contribution >= 4 is 11.8 Å². The van der Waals surface area contributed by atoms with Crippen molar-refractivity contribution in [2.45, 2.75) is 40.3 Å². The van der Waals surface area contributed by atoms with Gasteiger partial charge in [-0.3, -0.25) is 9.59 Å². The van der Waals surface area contributed by atoms with Crippen LogP contribution in [0.25, 0.3) is 0 Å². The van der Waals surface area contributed by atoms with Gasteiger partial charge in [0, 0.05) is 45.6 Å². The molecule has 0 N–H and O–H groups in total. The second-order valence-corrected chi connectivity index (χ2v) is 8.89. The minimum atomic E-state index is -0.141. The van der Waals surface area contributed by atoms with E-state index in [1.165, 1.54) is 0 Å². The fraction of sp³-hybridized carbons (Fsp3) is 0.500. The van der Waals surface area contributed by atoms with Gasteiger partial charge >= 0.3 is 0 Å². The van der Waals surface area contributed by atoms with Crippen molar-refractivity contribution in [1.82, 2.24) is 14.4 Å². The molecule has 2 amide bonds. The zero-order valence-electron chi connectivity index (χ0n) is 18.9. The van der Waals surface area contributed by atoms with Crippen LogP contribution in [0.15, 0.2) is 48.7 Å². The molecule has 0 radical (unpaired) electrons. The molecule has 6 heteroatoms. The highest BCUT2D eigenvalue weighted by Gasteiger charge is 2.25. The number of methoxy groups -OCH3 is 1. The largest absolute Gasteiger partial charge is 0.383 e. The third-order valence-electron chi connectivity index (χ3n) is 4.90. The number of hydrogen-bond donors (Lipinski definition) is 0. The van der Waals surface area contributed by atoms with Crippen LogP contribution >= 0.6 is 0 Å². The molecule has 0 atom stereocenters. The van der Waals surface area contributed by atoms with Crippen molar-refractivity contribution in [3.05, 3.63) is 59.9 Å². The molecule has 0 saturated carbocycles. The van der Waals surface area contributed by atoms with Crippen molar-refractivity contribution in [1.29, 1.82) is 0 Å². The van der Waals surface area contributed by atoms with Gasteiger partial charge in [0.15, 0.2) is 0 Å². The normalized spacial score (nSPS) is 11.4. The van der Waals surface area contributed by atoms with Crippen LogP contribution in [0.3, 0.4) is 0 Å². The Hall–Kier alpha value is -2.60. The van der Waals surface area contributed by atoms with Crippen LogP contribution < -0.4 is 0 Å². The summed E-state index contributed by atoms with van der Waals surface area (Å²) in [7, 11) is 3.57. The summed E-state index contributed by atoms with van der Waals surface area (Å²) in [5, 5.41) is 0. The fourth-order valence-electron chi connectivity index (χ4n) is 3.21. The van der Waals surface area contributed by atoms with Crippen LogP contribution in [0.4, 0.5) is 0 Å². The summed E-state index contributed by atoms with van der Waals surface area (Å²) in [5.41, 5.74) is 1.96. The van der Waals surface area contributed by atoms with Crippen LogP contribution in [0, 0.1) is 5.41 Å².